The lowest BCUT2D eigenvalue weighted by Crippen LogP contribution is -2.01. The fourth-order valence-corrected chi connectivity index (χ4v) is 3.30. The molecule has 106 valence electrons. The van der Waals surface area contributed by atoms with Crippen molar-refractivity contribution in [3.8, 4) is 0 Å². The van der Waals surface area contributed by atoms with Crippen LogP contribution in [0.3, 0.4) is 0 Å². The number of aromatic nitrogens is 1. The van der Waals surface area contributed by atoms with Crippen LogP contribution < -0.4 is 0 Å². The predicted molar refractivity (Wildman–Crippen MR) is 97.4 cm³/mol. The number of fused-ring (bicyclic) bond motifs is 1. The van der Waals surface area contributed by atoms with Gasteiger partial charge in [0.1, 0.15) is 6.10 Å². The average molecular weight is 454 g/mol. The van der Waals surface area contributed by atoms with Crippen molar-refractivity contribution < 1.29 is 5.11 Å². The van der Waals surface area contributed by atoms with Crippen LogP contribution in [0.2, 0.25) is 0 Å². The minimum absolute atomic E-state index is 0.653. The molecular weight excluding hydrogens is 441 g/mol. The van der Waals surface area contributed by atoms with Crippen LogP contribution in [0, 0.1) is 10.5 Å². The maximum Gasteiger partial charge on any atom is 0.105 e. The first-order valence-corrected chi connectivity index (χ1v) is 8.42. The molecule has 0 radical (unpaired) electrons. The molecule has 0 aliphatic carbocycles. The molecule has 0 bridgehead atoms. The second-order valence-corrected chi connectivity index (χ2v) is 7.07. The van der Waals surface area contributed by atoms with Gasteiger partial charge in [-0.05, 0) is 71.5 Å². The van der Waals surface area contributed by atoms with Crippen molar-refractivity contribution in [1.29, 1.82) is 0 Å². The fourth-order valence-electron chi connectivity index (χ4n) is 2.32. The molecule has 0 fully saturated rings. The van der Waals surface area contributed by atoms with Gasteiger partial charge in [0.25, 0.3) is 0 Å². The van der Waals surface area contributed by atoms with Crippen LogP contribution >= 0.6 is 38.5 Å². The largest absolute Gasteiger partial charge is 0.384 e. The lowest BCUT2D eigenvalue weighted by atomic mass is 10.00. The first kappa shape index (κ1) is 14.9. The van der Waals surface area contributed by atoms with Gasteiger partial charge in [-0.25, -0.2) is 0 Å². The molecule has 0 aliphatic rings. The van der Waals surface area contributed by atoms with Crippen LogP contribution in [0.25, 0.3) is 10.9 Å². The average Bonchev–Trinajstić information content (AvgIpc) is 2.48. The number of nitrogens with zero attached hydrogens (tertiary/aromatic N) is 1. The summed E-state index contributed by atoms with van der Waals surface area (Å²) < 4.78 is 2.01. The summed E-state index contributed by atoms with van der Waals surface area (Å²) in [5, 5.41) is 11.7. The second kappa shape index (κ2) is 6.02. The quantitative estimate of drug-likeness (QED) is 0.554. The summed E-state index contributed by atoms with van der Waals surface area (Å²) in [4.78, 5) is 4.49. The van der Waals surface area contributed by atoms with Crippen molar-refractivity contribution in [1.82, 2.24) is 4.98 Å². The number of aliphatic hydroxyl groups excluding tert-OH is 1. The summed E-state index contributed by atoms with van der Waals surface area (Å²) in [5.74, 6) is 0. The summed E-state index contributed by atoms with van der Waals surface area (Å²) in [7, 11) is 0. The second-order valence-electron chi connectivity index (χ2n) is 4.97. The summed E-state index contributed by atoms with van der Waals surface area (Å²) in [6.07, 6.45) is -0.653. The number of halogens is 2. The molecule has 0 saturated heterocycles. The molecule has 0 spiro atoms. The zero-order chi connectivity index (χ0) is 15.0. The van der Waals surface area contributed by atoms with E-state index in [4.69, 9.17) is 0 Å². The van der Waals surface area contributed by atoms with Crippen LogP contribution in [-0.4, -0.2) is 10.1 Å². The first-order valence-electron chi connectivity index (χ1n) is 6.55. The third-order valence-electron chi connectivity index (χ3n) is 3.42. The maximum absolute atomic E-state index is 10.7. The highest BCUT2D eigenvalue weighted by molar-refractivity contribution is 14.1. The Bertz CT molecular complexity index is 819. The number of aliphatic hydroxyl groups is 1. The predicted octanol–water partition coefficient (Wildman–Crippen LogP) is 4.99. The molecule has 4 heteroatoms. The smallest absolute Gasteiger partial charge is 0.105 e. The Morgan fingerprint density at radius 2 is 1.90 bits per heavy atom. The van der Waals surface area contributed by atoms with E-state index in [0.29, 0.717) is 0 Å². The Hall–Kier alpha value is -0.980. The van der Waals surface area contributed by atoms with E-state index in [9.17, 15) is 5.11 Å². The summed E-state index contributed by atoms with van der Waals surface area (Å²) in [6, 6.07) is 15.9. The highest BCUT2D eigenvalue weighted by Gasteiger charge is 2.14. The zero-order valence-electron chi connectivity index (χ0n) is 11.3. The topological polar surface area (TPSA) is 33.1 Å². The van der Waals surface area contributed by atoms with Crippen LogP contribution in [0.5, 0.6) is 0 Å². The molecule has 1 heterocycles. The van der Waals surface area contributed by atoms with Gasteiger partial charge >= 0.3 is 0 Å². The van der Waals surface area contributed by atoms with E-state index in [1.165, 1.54) is 0 Å². The number of benzene rings is 2. The molecule has 1 unspecified atom stereocenters. The first-order chi connectivity index (χ1) is 10.0. The SMILES string of the molecule is Cc1ccc2cc(C(O)c3cc(I)ccc3Br)ccc2n1. The van der Waals surface area contributed by atoms with Crippen molar-refractivity contribution in [2.24, 2.45) is 0 Å². The molecular formula is C17H13BrINO. The normalized spacial score (nSPS) is 12.6. The Labute approximate surface area is 145 Å². The van der Waals surface area contributed by atoms with Crippen LogP contribution in [0.4, 0.5) is 0 Å². The highest BCUT2D eigenvalue weighted by atomic mass is 127. The molecule has 0 amide bonds. The summed E-state index contributed by atoms with van der Waals surface area (Å²) in [6.45, 7) is 1.98. The van der Waals surface area contributed by atoms with Gasteiger partial charge in [-0.2, -0.15) is 0 Å². The van der Waals surface area contributed by atoms with Gasteiger partial charge in [0.15, 0.2) is 0 Å². The Balaban J connectivity index is 2.07. The molecule has 3 aromatic rings. The van der Waals surface area contributed by atoms with Crippen LogP contribution in [-0.2, 0) is 0 Å². The molecule has 2 aromatic carbocycles. The zero-order valence-corrected chi connectivity index (χ0v) is 15.1. The van der Waals surface area contributed by atoms with Crippen LogP contribution in [0.15, 0.2) is 53.0 Å². The van der Waals surface area contributed by atoms with E-state index in [0.717, 1.165) is 35.8 Å². The van der Waals surface area contributed by atoms with E-state index < -0.39 is 6.10 Å². The lowest BCUT2D eigenvalue weighted by Gasteiger charge is -2.14. The maximum atomic E-state index is 10.7. The van der Waals surface area contributed by atoms with E-state index >= 15 is 0 Å². The molecule has 2 nitrogen and oxygen atoms in total. The van der Waals surface area contributed by atoms with Crippen molar-refractivity contribution in [2.75, 3.05) is 0 Å². The van der Waals surface area contributed by atoms with E-state index in [2.05, 4.69) is 43.5 Å². The molecule has 1 N–H and O–H groups in total. The number of pyridine rings is 1. The minimum Gasteiger partial charge on any atom is -0.384 e. The third-order valence-corrected chi connectivity index (χ3v) is 4.81. The molecule has 0 saturated carbocycles. The number of aryl methyl sites for hydroxylation is 1. The fraction of sp³-hybridized carbons (Fsp3) is 0.118. The minimum atomic E-state index is -0.653. The van der Waals surface area contributed by atoms with Gasteiger partial charge in [-0.1, -0.05) is 28.1 Å². The molecule has 3 rings (SSSR count). The van der Waals surface area contributed by atoms with Gasteiger partial charge in [0.05, 0.1) is 5.52 Å². The van der Waals surface area contributed by atoms with E-state index in [1.807, 2.05) is 55.5 Å². The lowest BCUT2D eigenvalue weighted by molar-refractivity contribution is 0.219. The molecule has 0 aliphatic heterocycles. The summed E-state index contributed by atoms with van der Waals surface area (Å²) >= 11 is 5.76. The van der Waals surface area contributed by atoms with E-state index in [-0.39, 0.29) is 0 Å². The number of hydrogen-bond acceptors (Lipinski definition) is 2. The number of rotatable bonds is 2. The van der Waals surface area contributed by atoms with Gasteiger partial charge < -0.3 is 5.11 Å². The van der Waals surface area contributed by atoms with Crippen molar-refractivity contribution in [3.63, 3.8) is 0 Å². The Morgan fingerprint density at radius 3 is 2.71 bits per heavy atom. The van der Waals surface area contributed by atoms with Crippen molar-refractivity contribution in [3.05, 3.63) is 73.4 Å². The van der Waals surface area contributed by atoms with Crippen molar-refractivity contribution in [2.45, 2.75) is 13.0 Å². The standard InChI is InChI=1S/C17H13BrINO/c1-10-2-3-11-8-12(4-7-16(11)20-10)17(21)14-9-13(19)5-6-15(14)18/h2-9,17,21H,1H3. The Morgan fingerprint density at radius 1 is 1.10 bits per heavy atom. The van der Waals surface area contributed by atoms with Gasteiger partial charge in [0, 0.05) is 24.7 Å². The van der Waals surface area contributed by atoms with Gasteiger partial charge in [0.2, 0.25) is 0 Å². The molecule has 21 heavy (non-hydrogen) atoms. The molecule has 1 atom stereocenters. The Kier molecular flexibility index (Phi) is 4.28. The third kappa shape index (κ3) is 3.12. The van der Waals surface area contributed by atoms with Crippen molar-refractivity contribution >= 4 is 49.4 Å². The monoisotopic (exact) mass is 453 g/mol. The highest BCUT2D eigenvalue weighted by Crippen LogP contribution is 2.31. The van der Waals surface area contributed by atoms with Crippen LogP contribution in [0.1, 0.15) is 22.9 Å². The molecule has 1 aromatic heterocycles. The number of hydrogen-bond donors (Lipinski definition) is 1. The van der Waals surface area contributed by atoms with E-state index in [1.54, 1.807) is 0 Å². The van der Waals surface area contributed by atoms with Gasteiger partial charge in [-0.15, -0.1) is 0 Å². The van der Waals surface area contributed by atoms with Gasteiger partial charge in [-0.3, -0.25) is 4.98 Å². The summed E-state index contributed by atoms with van der Waals surface area (Å²) in [5.41, 5.74) is 3.70.